The van der Waals surface area contributed by atoms with Gasteiger partial charge in [-0.15, -0.1) is 23.7 Å². The third kappa shape index (κ3) is 4.13. The molecule has 2 aromatic rings. The van der Waals surface area contributed by atoms with Gasteiger partial charge in [0.2, 0.25) is 0 Å². The lowest BCUT2D eigenvalue weighted by Crippen LogP contribution is -2.45. The van der Waals surface area contributed by atoms with E-state index < -0.39 is 0 Å². The van der Waals surface area contributed by atoms with Gasteiger partial charge >= 0.3 is 0 Å². The van der Waals surface area contributed by atoms with E-state index in [-0.39, 0.29) is 24.3 Å². The van der Waals surface area contributed by atoms with Crippen LogP contribution in [0.2, 0.25) is 4.34 Å². The fraction of sp³-hybridized carbons (Fsp3) is 0.333. The van der Waals surface area contributed by atoms with E-state index in [0.717, 1.165) is 44.5 Å². The molecule has 2 heterocycles. The molecule has 0 bridgehead atoms. The lowest BCUT2D eigenvalue weighted by Gasteiger charge is -2.35. The van der Waals surface area contributed by atoms with Crippen molar-refractivity contribution in [3.63, 3.8) is 0 Å². The van der Waals surface area contributed by atoms with Crippen LogP contribution >= 0.6 is 57.9 Å². The number of rotatable bonds is 3. The van der Waals surface area contributed by atoms with Crippen LogP contribution in [-0.4, -0.2) is 31.1 Å². The standard InChI is InChI=1S/C15H15ClFIN2S.ClH/c16-14-4-3-13(21-14)15(20-7-5-19-6-8-20)11-9-10(18)1-2-12(11)17;/h1-4,9,15,19H,5-8H2;1H/t15-;/m1./s1. The van der Waals surface area contributed by atoms with Crippen LogP contribution < -0.4 is 5.32 Å². The molecular formula is C15H16Cl2FIN2S. The van der Waals surface area contributed by atoms with Crippen LogP contribution in [0.4, 0.5) is 4.39 Å². The fourth-order valence-corrected chi connectivity index (χ4v) is 4.40. The molecule has 0 radical (unpaired) electrons. The SMILES string of the molecule is Cl.Fc1ccc(I)cc1[C@H](c1ccc(Cl)s1)N1CCNCC1. The van der Waals surface area contributed by atoms with E-state index in [1.165, 1.54) is 11.3 Å². The van der Waals surface area contributed by atoms with Gasteiger partial charge < -0.3 is 5.32 Å². The molecule has 2 nitrogen and oxygen atoms in total. The van der Waals surface area contributed by atoms with Gasteiger partial charge in [-0.2, -0.15) is 0 Å². The monoisotopic (exact) mass is 472 g/mol. The van der Waals surface area contributed by atoms with Gasteiger partial charge in [0.15, 0.2) is 0 Å². The third-order valence-corrected chi connectivity index (χ3v) is 5.59. The van der Waals surface area contributed by atoms with Crippen molar-refractivity contribution in [1.82, 2.24) is 10.2 Å². The zero-order chi connectivity index (χ0) is 14.8. The third-order valence-electron chi connectivity index (χ3n) is 3.63. The minimum atomic E-state index is -0.150. The van der Waals surface area contributed by atoms with Gasteiger partial charge in [-0.25, -0.2) is 4.39 Å². The second-order valence-electron chi connectivity index (χ2n) is 5.00. The van der Waals surface area contributed by atoms with Gasteiger partial charge in [0.05, 0.1) is 10.4 Å². The van der Waals surface area contributed by atoms with E-state index in [1.807, 2.05) is 18.2 Å². The highest BCUT2D eigenvalue weighted by Gasteiger charge is 2.27. The molecule has 1 atom stereocenters. The maximum Gasteiger partial charge on any atom is 0.128 e. The van der Waals surface area contributed by atoms with Crippen LogP contribution in [0.15, 0.2) is 30.3 Å². The van der Waals surface area contributed by atoms with Crippen molar-refractivity contribution in [2.75, 3.05) is 26.2 Å². The van der Waals surface area contributed by atoms with E-state index in [4.69, 9.17) is 11.6 Å². The maximum absolute atomic E-state index is 14.4. The van der Waals surface area contributed by atoms with Gasteiger partial charge in [-0.05, 0) is 52.9 Å². The van der Waals surface area contributed by atoms with Crippen LogP contribution in [0, 0.1) is 9.39 Å². The number of hydrogen-bond acceptors (Lipinski definition) is 3. The van der Waals surface area contributed by atoms with Gasteiger partial charge in [0.25, 0.3) is 0 Å². The Bertz CT molecular complexity index is 632. The molecule has 0 aliphatic carbocycles. The second-order valence-corrected chi connectivity index (χ2v) is 7.99. The van der Waals surface area contributed by atoms with Crippen molar-refractivity contribution in [3.8, 4) is 0 Å². The van der Waals surface area contributed by atoms with Crippen LogP contribution in [0.25, 0.3) is 0 Å². The normalized spacial score (nSPS) is 17.0. The summed E-state index contributed by atoms with van der Waals surface area (Å²) in [6.07, 6.45) is 0. The van der Waals surface area contributed by atoms with Crippen molar-refractivity contribution in [1.29, 1.82) is 0 Å². The highest BCUT2D eigenvalue weighted by molar-refractivity contribution is 14.1. The molecule has 0 unspecified atom stereocenters. The van der Waals surface area contributed by atoms with Crippen LogP contribution in [0.3, 0.4) is 0 Å². The van der Waals surface area contributed by atoms with Crippen molar-refractivity contribution in [3.05, 3.63) is 54.5 Å². The molecular weight excluding hydrogens is 457 g/mol. The summed E-state index contributed by atoms with van der Waals surface area (Å²) in [5, 5.41) is 3.34. The number of benzene rings is 1. The minimum absolute atomic E-state index is 0. The van der Waals surface area contributed by atoms with E-state index in [9.17, 15) is 4.39 Å². The molecule has 1 aromatic heterocycles. The first-order valence-corrected chi connectivity index (χ1v) is 9.07. The molecule has 3 rings (SSSR count). The lowest BCUT2D eigenvalue weighted by molar-refractivity contribution is 0.197. The summed E-state index contributed by atoms with van der Waals surface area (Å²) in [7, 11) is 0. The summed E-state index contributed by atoms with van der Waals surface area (Å²) in [5.41, 5.74) is 0.738. The molecule has 1 saturated heterocycles. The topological polar surface area (TPSA) is 15.3 Å². The largest absolute Gasteiger partial charge is 0.314 e. The Morgan fingerprint density at radius 3 is 2.59 bits per heavy atom. The Labute approximate surface area is 158 Å². The Hall–Kier alpha value is 0.0800. The van der Waals surface area contributed by atoms with Crippen LogP contribution in [-0.2, 0) is 0 Å². The Morgan fingerprint density at radius 2 is 1.95 bits per heavy atom. The minimum Gasteiger partial charge on any atom is -0.314 e. The van der Waals surface area contributed by atoms with E-state index in [1.54, 1.807) is 12.1 Å². The van der Waals surface area contributed by atoms with Crippen molar-refractivity contribution < 1.29 is 4.39 Å². The molecule has 1 aromatic carbocycles. The maximum atomic E-state index is 14.4. The fourth-order valence-electron chi connectivity index (χ4n) is 2.67. The zero-order valence-electron chi connectivity index (χ0n) is 11.7. The summed E-state index contributed by atoms with van der Waals surface area (Å²) < 4.78 is 16.2. The van der Waals surface area contributed by atoms with Gasteiger partial charge in [0.1, 0.15) is 5.82 Å². The van der Waals surface area contributed by atoms with E-state index in [0.29, 0.717) is 0 Å². The number of halogens is 4. The Morgan fingerprint density at radius 1 is 1.23 bits per heavy atom. The van der Waals surface area contributed by atoms with Gasteiger partial charge in [0, 0.05) is 40.2 Å². The summed E-state index contributed by atoms with van der Waals surface area (Å²) in [6, 6.07) is 9.15. The van der Waals surface area contributed by atoms with E-state index in [2.05, 4.69) is 32.8 Å². The first-order valence-electron chi connectivity index (χ1n) is 6.80. The smallest absolute Gasteiger partial charge is 0.128 e. The summed E-state index contributed by atoms with van der Waals surface area (Å²) in [4.78, 5) is 3.43. The highest BCUT2D eigenvalue weighted by atomic mass is 127. The number of nitrogens with one attached hydrogen (secondary N) is 1. The molecule has 1 N–H and O–H groups in total. The number of hydrogen-bond donors (Lipinski definition) is 1. The summed E-state index contributed by atoms with van der Waals surface area (Å²) >= 11 is 9.86. The predicted octanol–water partition coefficient (Wildman–Crippen LogP) is 4.56. The molecule has 1 aliphatic heterocycles. The average molecular weight is 473 g/mol. The quantitative estimate of drug-likeness (QED) is 0.658. The van der Waals surface area contributed by atoms with Crippen molar-refractivity contribution in [2.24, 2.45) is 0 Å². The van der Waals surface area contributed by atoms with Gasteiger partial charge in [-0.1, -0.05) is 11.6 Å². The van der Waals surface area contributed by atoms with E-state index >= 15 is 0 Å². The Balaban J connectivity index is 0.00000176. The van der Waals surface area contributed by atoms with Crippen LogP contribution in [0.5, 0.6) is 0 Å². The lowest BCUT2D eigenvalue weighted by atomic mass is 10.0. The first kappa shape index (κ1) is 18.4. The van der Waals surface area contributed by atoms with Crippen LogP contribution in [0.1, 0.15) is 16.5 Å². The number of piperazine rings is 1. The average Bonchev–Trinajstić information content (AvgIpc) is 2.90. The van der Waals surface area contributed by atoms with Gasteiger partial charge in [-0.3, -0.25) is 4.90 Å². The molecule has 120 valence electrons. The number of thiophene rings is 1. The second kappa shape index (κ2) is 8.26. The van der Waals surface area contributed by atoms with Crippen molar-refractivity contribution in [2.45, 2.75) is 6.04 Å². The zero-order valence-corrected chi connectivity index (χ0v) is 16.2. The molecule has 7 heteroatoms. The molecule has 0 amide bonds. The molecule has 22 heavy (non-hydrogen) atoms. The Kier molecular flexibility index (Phi) is 6.91. The first-order chi connectivity index (χ1) is 10.1. The highest BCUT2D eigenvalue weighted by Crippen LogP contribution is 2.36. The molecule has 0 saturated carbocycles. The summed E-state index contributed by atoms with van der Waals surface area (Å²) in [5.74, 6) is -0.150. The molecule has 1 aliphatic rings. The molecule has 0 spiro atoms. The van der Waals surface area contributed by atoms with Crippen molar-refractivity contribution >= 4 is 57.9 Å². The molecule has 1 fully saturated rings. The summed E-state index contributed by atoms with van der Waals surface area (Å²) in [6.45, 7) is 3.68. The predicted molar refractivity (Wildman–Crippen MR) is 102 cm³/mol. The number of nitrogens with zero attached hydrogens (tertiary/aromatic N) is 1.